The summed E-state index contributed by atoms with van der Waals surface area (Å²) in [6.07, 6.45) is -3.56. The van der Waals surface area contributed by atoms with Crippen LogP contribution in [0.25, 0.3) is 0 Å². The molecule has 52 heavy (non-hydrogen) atoms. The third-order valence-corrected chi connectivity index (χ3v) is 5.94. The predicted molar refractivity (Wildman–Crippen MR) is 185 cm³/mol. The number of aliphatic carboxylic acids is 1. The predicted octanol–water partition coefficient (Wildman–Crippen LogP) is 5.55. The Labute approximate surface area is 301 Å². The van der Waals surface area contributed by atoms with Gasteiger partial charge in [0.25, 0.3) is 5.91 Å². The lowest BCUT2D eigenvalue weighted by atomic mass is 10.0. The number of ether oxygens (including phenoxy) is 5. The Balaban J connectivity index is 2.52. The first-order chi connectivity index (χ1) is 23.8. The van der Waals surface area contributed by atoms with Gasteiger partial charge in [-0.2, -0.15) is 9.89 Å². The molecule has 1 atom stereocenters. The zero-order valence-electron chi connectivity index (χ0n) is 30.9. The number of Topliss-reactive ketones (excluding diaryl/α,β-unsaturated/α-hetero) is 1. The van der Waals surface area contributed by atoms with Gasteiger partial charge in [0, 0.05) is 23.6 Å². The number of carbonyl (C=O) groups is 7. The molecule has 0 unspecified atom stereocenters. The molecule has 2 aromatic rings. The minimum atomic E-state index is -1.35. The lowest BCUT2D eigenvalue weighted by molar-refractivity contribution is -0.141. The number of imide groups is 1. The van der Waals surface area contributed by atoms with E-state index in [-0.39, 0.29) is 22.4 Å². The van der Waals surface area contributed by atoms with Crippen LogP contribution in [0.1, 0.15) is 95.5 Å². The maximum absolute atomic E-state index is 13.4. The summed E-state index contributed by atoms with van der Waals surface area (Å²) in [5.74, 6) is -3.64. The molecule has 4 amide bonds. The number of carbonyl (C=O) groups excluding carboxylic acids is 6. The number of amides is 4. The molecule has 282 valence electrons. The number of amidine groups is 1. The molecule has 2 rings (SSSR count). The maximum atomic E-state index is 13.4. The fourth-order valence-corrected chi connectivity index (χ4v) is 3.94. The van der Waals surface area contributed by atoms with Gasteiger partial charge >= 0.3 is 30.2 Å². The molecule has 0 heterocycles. The van der Waals surface area contributed by atoms with E-state index in [1.54, 1.807) is 62.3 Å². The summed E-state index contributed by atoms with van der Waals surface area (Å²) < 4.78 is 26.3. The first kappa shape index (κ1) is 42.4. The van der Waals surface area contributed by atoms with Crippen LogP contribution >= 0.6 is 0 Å². The van der Waals surface area contributed by atoms with Crippen molar-refractivity contribution in [2.45, 2.75) is 92.1 Å². The van der Waals surface area contributed by atoms with Crippen LogP contribution in [0.2, 0.25) is 0 Å². The van der Waals surface area contributed by atoms with Crippen LogP contribution in [0.5, 0.6) is 5.75 Å². The lowest BCUT2D eigenvalue weighted by Crippen LogP contribution is -2.47. The standard InChI is InChI=1S/C36H45N3O13/c1-21(40)48-19-26(28(43)22-15-17-25(18-16-22)49-20-27(41)42)37-30(44)24-13-11-23(12-14-24)29(38-31(45)50-34(2,3)4)39(32(46)51-35(5,6)7)33(47)52-36(8,9)10/h11-18,26H,19-20H2,1-10H3,(H,37,44)(H,41,42)/b38-29+/t26-/m0/s1. The first-order valence-corrected chi connectivity index (χ1v) is 16.0. The molecule has 0 aliphatic rings. The van der Waals surface area contributed by atoms with Gasteiger partial charge in [0.2, 0.25) is 0 Å². The highest BCUT2D eigenvalue weighted by Gasteiger charge is 2.37. The summed E-state index contributed by atoms with van der Waals surface area (Å²) in [5.41, 5.74) is -3.06. The minimum Gasteiger partial charge on any atom is -0.482 e. The summed E-state index contributed by atoms with van der Waals surface area (Å²) >= 11 is 0. The number of nitrogens with zero attached hydrogens (tertiary/aromatic N) is 2. The molecular weight excluding hydrogens is 682 g/mol. The van der Waals surface area contributed by atoms with Crippen molar-refractivity contribution in [1.82, 2.24) is 10.2 Å². The number of aliphatic imine (C=N–C) groups is 1. The molecule has 2 N–H and O–H groups in total. The summed E-state index contributed by atoms with van der Waals surface area (Å²) in [5, 5.41) is 11.3. The van der Waals surface area contributed by atoms with Crippen LogP contribution in [0.4, 0.5) is 14.4 Å². The van der Waals surface area contributed by atoms with Gasteiger partial charge in [-0.05, 0) is 98.7 Å². The fraction of sp³-hybridized carbons (Fsp3) is 0.444. The van der Waals surface area contributed by atoms with Crippen molar-refractivity contribution in [2.24, 2.45) is 4.99 Å². The molecule has 16 nitrogen and oxygen atoms in total. The zero-order chi connectivity index (χ0) is 39.6. The van der Waals surface area contributed by atoms with E-state index in [4.69, 9.17) is 28.8 Å². The van der Waals surface area contributed by atoms with Crippen LogP contribution in [0.15, 0.2) is 53.5 Å². The number of nitrogens with one attached hydrogen (secondary N) is 1. The number of ketones is 1. The van der Waals surface area contributed by atoms with E-state index < -0.39 is 83.8 Å². The summed E-state index contributed by atoms with van der Waals surface area (Å²) in [6, 6.07) is 9.24. The zero-order valence-corrected chi connectivity index (χ0v) is 30.9. The Morgan fingerprint density at radius 3 is 1.62 bits per heavy atom. The number of rotatable bonds is 10. The van der Waals surface area contributed by atoms with Gasteiger partial charge < -0.3 is 34.1 Å². The Kier molecular flexibility index (Phi) is 14.2. The Hall–Kier alpha value is -5.80. The van der Waals surface area contributed by atoms with Crippen molar-refractivity contribution < 1.29 is 62.4 Å². The largest absolute Gasteiger partial charge is 0.482 e. The number of carboxylic acids is 1. The van der Waals surface area contributed by atoms with Crippen LogP contribution < -0.4 is 10.1 Å². The van der Waals surface area contributed by atoms with Crippen molar-refractivity contribution in [3.05, 3.63) is 65.2 Å². The van der Waals surface area contributed by atoms with Crippen molar-refractivity contribution in [2.75, 3.05) is 13.2 Å². The SMILES string of the molecule is CC(=O)OC[C@H](NC(=O)c1ccc(/C(=N\C(=O)OC(C)(C)C)N(C(=O)OC(C)(C)C)C(=O)OC(C)(C)C)cc1)C(=O)c1ccc(OCC(=O)O)cc1. The van der Waals surface area contributed by atoms with E-state index in [9.17, 15) is 33.6 Å². The number of hydrogen-bond acceptors (Lipinski definition) is 12. The van der Waals surface area contributed by atoms with Gasteiger partial charge in [-0.15, -0.1) is 0 Å². The Morgan fingerprint density at radius 2 is 1.17 bits per heavy atom. The Morgan fingerprint density at radius 1 is 0.712 bits per heavy atom. The third-order valence-electron chi connectivity index (χ3n) is 5.94. The molecule has 16 heteroatoms. The molecule has 0 aliphatic carbocycles. The van der Waals surface area contributed by atoms with Gasteiger partial charge in [0.15, 0.2) is 18.2 Å². The normalized spacial score (nSPS) is 12.5. The average Bonchev–Trinajstić information content (AvgIpc) is 2.98. The van der Waals surface area contributed by atoms with E-state index in [1.807, 2.05) is 0 Å². The second-order valence-electron chi connectivity index (χ2n) is 14.2. The smallest absolute Gasteiger partial charge is 0.436 e. The molecule has 2 aromatic carbocycles. The third kappa shape index (κ3) is 14.6. The van der Waals surface area contributed by atoms with Gasteiger partial charge in [-0.3, -0.25) is 14.4 Å². The average molecular weight is 728 g/mol. The Bertz CT molecular complexity index is 1650. The molecule has 0 bridgehead atoms. The second kappa shape index (κ2) is 17.4. The summed E-state index contributed by atoms with van der Waals surface area (Å²) in [7, 11) is 0. The lowest BCUT2D eigenvalue weighted by Gasteiger charge is -2.29. The molecule has 0 fully saturated rings. The van der Waals surface area contributed by atoms with Crippen molar-refractivity contribution in [1.29, 1.82) is 0 Å². The van der Waals surface area contributed by atoms with Crippen molar-refractivity contribution in [3.8, 4) is 5.75 Å². The van der Waals surface area contributed by atoms with Crippen LogP contribution in [0.3, 0.4) is 0 Å². The van der Waals surface area contributed by atoms with Crippen LogP contribution in [-0.4, -0.2) is 93.8 Å². The molecular formula is C36H45N3O13. The quantitative estimate of drug-likeness (QED) is 0.101. The van der Waals surface area contributed by atoms with Crippen LogP contribution in [-0.2, 0) is 28.5 Å². The van der Waals surface area contributed by atoms with Crippen molar-refractivity contribution >= 4 is 47.7 Å². The van der Waals surface area contributed by atoms with Gasteiger partial charge in [0.1, 0.15) is 35.2 Å². The summed E-state index contributed by atoms with van der Waals surface area (Å²) in [6.45, 7) is 14.2. The van der Waals surface area contributed by atoms with Crippen LogP contribution in [0, 0.1) is 0 Å². The van der Waals surface area contributed by atoms with E-state index in [0.717, 1.165) is 6.92 Å². The maximum Gasteiger partial charge on any atom is 0.436 e. The molecule has 0 aromatic heterocycles. The highest BCUT2D eigenvalue weighted by molar-refractivity contribution is 6.18. The van der Waals surface area contributed by atoms with Gasteiger partial charge in [0.05, 0.1) is 0 Å². The monoisotopic (exact) mass is 727 g/mol. The molecule has 0 spiro atoms. The van der Waals surface area contributed by atoms with E-state index in [2.05, 4.69) is 10.3 Å². The number of esters is 1. The highest BCUT2D eigenvalue weighted by Crippen LogP contribution is 2.20. The number of hydrogen-bond donors (Lipinski definition) is 2. The van der Waals surface area contributed by atoms with Crippen molar-refractivity contribution in [3.63, 3.8) is 0 Å². The first-order valence-electron chi connectivity index (χ1n) is 16.0. The minimum absolute atomic E-state index is 0.00289. The van der Waals surface area contributed by atoms with Gasteiger partial charge in [-0.25, -0.2) is 19.2 Å². The highest BCUT2D eigenvalue weighted by atomic mass is 16.6. The second-order valence-corrected chi connectivity index (χ2v) is 14.2. The molecule has 0 radical (unpaired) electrons. The van der Waals surface area contributed by atoms with E-state index in [0.29, 0.717) is 4.90 Å². The number of benzene rings is 2. The molecule has 0 aliphatic heterocycles. The topological polar surface area (TPSA) is 213 Å². The molecule has 0 saturated carbocycles. The molecule has 0 saturated heterocycles. The van der Waals surface area contributed by atoms with E-state index >= 15 is 0 Å². The van der Waals surface area contributed by atoms with E-state index in [1.165, 1.54) is 48.5 Å². The number of carboxylic acid groups (broad SMARTS) is 1. The summed E-state index contributed by atoms with van der Waals surface area (Å²) in [4.78, 5) is 93.3. The van der Waals surface area contributed by atoms with Gasteiger partial charge in [-0.1, -0.05) is 12.1 Å². The fourth-order valence-electron chi connectivity index (χ4n) is 3.94.